The van der Waals surface area contributed by atoms with Gasteiger partial charge in [-0.1, -0.05) is 32.9 Å². The van der Waals surface area contributed by atoms with Crippen molar-refractivity contribution in [1.29, 1.82) is 0 Å². The SMILES string of the molecule is CC(C)C=CC1CC(C)C1. The van der Waals surface area contributed by atoms with Gasteiger partial charge in [-0.3, -0.25) is 0 Å². The van der Waals surface area contributed by atoms with Gasteiger partial charge in [0.25, 0.3) is 0 Å². The molecule has 0 heterocycles. The van der Waals surface area contributed by atoms with Crippen LogP contribution in [0.5, 0.6) is 0 Å². The van der Waals surface area contributed by atoms with Crippen LogP contribution in [-0.2, 0) is 0 Å². The van der Waals surface area contributed by atoms with Crippen molar-refractivity contribution in [1.82, 2.24) is 0 Å². The highest BCUT2D eigenvalue weighted by Gasteiger charge is 2.22. The van der Waals surface area contributed by atoms with E-state index in [-0.39, 0.29) is 0 Å². The topological polar surface area (TPSA) is 0 Å². The molecule has 1 fully saturated rings. The Hall–Kier alpha value is -0.260. The highest BCUT2D eigenvalue weighted by molar-refractivity contribution is 4.95. The number of hydrogen-bond donors (Lipinski definition) is 0. The Morgan fingerprint density at radius 1 is 1.30 bits per heavy atom. The molecular weight excluding hydrogens is 120 g/mol. The molecule has 0 nitrogen and oxygen atoms in total. The maximum Gasteiger partial charge on any atom is -0.0228 e. The molecule has 0 aromatic rings. The Labute approximate surface area is 64.3 Å². The van der Waals surface area contributed by atoms with Gasteiger partial charge in [-0.2, -0.15) is 0 Å². The zero-order valence-electron chi connectivity index (χ0n) is 7.30. The normalized spacial score (nSPS) is 33.2. The van der Waals surface area contributed by atoms with Crippen molar-refractivity contribution >= 4 is 0 Å². The molecule has 1 rings (SSSR count). The van der Waals surface area contributed by atoms with Crippen molar-refractivity contribution in [2.24, 2.45) is 17.8 Å². The van der Waals surface area contributed by atoms with Crippen LogP contribution in [0.3, 0.4) is 0 Å². The average molecular weight is 138 g/mol. The van der Waals surface area contributed by atoms with E-state index < -0.39 is 0 Å². The largest absolute Gasteiger partial charge is 0.0857 e. The first-order valence-electron chi connectivity index (χ1n) is 4.37. The molecule has 0 aliphatic heterocycles. The van der Waals surface area contributed by atoms with Crippen LogP contribution in [-0.4, -0.2) is 0 Å². The van der Waals surface area contributed by atoms with E-state index in [1.165, 1.54) is 12.8 Å². The molecule has 10 heavy (non-hydrogen) atoms. The molecule has 0 aromatic carbocycles. The van der Waals surface area contributed by atoms with E-state index in [4.69, 9.17) is 0 Å². The smallest absolute Gasteiger partial charge is 0.0228 e. The third kappa shape index (κ3) is 2.17. The van der Waals surface area contributed by atoms with Gasteiger partial charge < -0.3 is 0 Å². The highest BCUT2D eigenvalue weighted by atomic mass is 14.3. The molecule has 1 aliphatic carbocycles. The second kappa shape index (κ2) is 3.23. The molecule has 0 bridgehead atoms. The molecule has 0 aromatic heterocycles. The lowest BCUT2D eigenvalue weighted by atomic mass is 9.76. The van der Waals surface area contributed by atoms with Crippen LogP contribution in [0, 0.1) is 17.8 Å². The Balaban J connectivity index is 2.15. The fourth-order valence-corrected chi connectivity index (χ4v) is 1.50. The van der Waals surface area contributed by atoms with Gasteiger partial charge >= 0.3 is 0 Å². The van der Waals surface area contributed by atoms with Gasteiger partial charge in [0, 0.05) is 0 Å². The van der Waals surface area contributed by atoms with Crippen molar-refractivity contribution in [3.05, 3.63) is 12.2 Å². The van der Waals surface area contributed by atoms with Gasteiger partial charge in [0.05, 0.1) is 0 Å². The van der Waals surface area contributed by atoms with Crippen LogP contribution in [0.2, 0.25) is 0 Å². The summed E-state index contributed by atoms with van der Waals surface area (Å²) in [7, 11) is 0. The van der Waals surface area contributed by atoms with Crippen molar-refractivity contribution in [2.45, 2.75) is 33.6 Å². The van der Waals surface area contributed by atoms with Crippen LogP contribution >= 0.6 is 0 Å². The van der Waals surface area contributed by atoms with E-state index in [1.54, 1.807) is 0 Å². The molecule has 58 valence electrons. The van der Waals surface area contributed by atoms with Gasteiger partial charge in [-0.25, -0.2) is 0 Å². The van der Waals surface area contributed by atoms with E-state index in [2.05, 4.69) is 32.9 Å². The van der Waals surface area contributed by atoms with Crippen LogP contribution < -0.4 is 0 Å². The van der Waals surface area contributed by atoms with Crippen LogP contribution in [0.1, 0.15) is 33.6 Å². The third-order valence-corrected chi connectivity index (χ3v) is 2.18. The minimum absolute atomic E-state index is 0.732. The van der Waals surface area contributed by atoms with E-state index in [1.807, 2.05) is 0 Å². The first-order chi connectivity index (χ1) is 4.68. The minimum atomic E-state index is 0.732. The van der Waals surface area contributed by atoms with E-state index in [9.17, 15) is 0 Å². The second-order valence-electron chi connectivity index (χ2n) is 3.97. The molecule has 0 heteroatoms. The van der Waals surface area contributed by atoms with Crippen molar-refractivity contribution in [3.8, 4) is 0 Å². The van der Waals surface area contributed by atoms with Gasteiger partial charge in [0.1, 0.15) is 0 Å². The molecule has 0 unspecified atom stereocenters. The van der Waals surface area contributed by atoms with E-state index in [0.29, 0.717) is 0 Å². The van der Waals surface area contributed by atoms with E-state index in [0.717, 1.165) is 17.8 Å². The molecule has 1 aliphatic rings. The number of rotatable bonds is 2. The number of allylic oxidation sites excluding steroid dienone is 2. The average Bonchev–Trinajstić information content (AvgIpc) is 1.77. The Morgan fingerprint density at radius 2 is 1.90 bits per heavy atom. The Kier molecular flexibility index (Phi) is 2.53. The van der Waals surface area contributed by atoms with Crippen LogP contribution in [0.4, 0.5) is 0 Å². The highest BCUT2D eigenvalue weighted by Crippen LogP contribution is 2.33. The first-order valence-corrected chi connectivity index (χ1v) is 4.37. The predicted octanol–water partition coefficient (Wildman–Crippen LogP) is 3.24. The summed E-state index contributed by atoms with van der Waals surface area (Å²) < 4.78 is 0. The second-order valence-corrected chi connectivity index (χ2v) is 3.97. The fourth-order valence-electron chi connectivity index (χ4n) is 1.50. The van der Waals surface area contributed by atoms with Gasteiger partial charge in [-0.15, -0.1) is 0 Å². The lowest BCUT2D eigenvalue weighted by molar-refractivity contribution is 0.262. The van der Waals surface area contributed by atoms with Crippen LogP contribution in [0.15, 0.2) is 12.2 Å². The van der Waals surface area contributed by atoms with Gasteiger partial charge in [0.15, 0.2) is 0 Å². The van der Waals surface area contributed by atoms with Gasteiger partial charge in [-0.05, 0) is 30.6 Å². The molecule has 1 saturated carbocycles. The third-order valence-electron chi connectivity index (χ3n) is 2.18. The van der Waals surface area contributed by atoms with Crippen molar-refractivity contribution < 1.29 is 0 Å². The summed E-state index contributed by atoms with van der Waals surface area (Å²) in [6, 6.07) is 0. The standard InChI is InChI=1S/C10H18/c1-8(2)4-5-10-6-9(3)7-10/h4-5,8-10H,6-7H2,1-3H3. The molecular formula is C10H18. The monoisotopic (exact) mass is 138 g/mol. The molecule has 0 spiro atoms. The zero-order chi connectivity index (χ0) is 7.56. The summed E-state index contributed by atoms with van der Waals surface area (Å²) in [5, 5.41) is 0. The fraction of sp³-hybridized carbons (Fsp3) is 0.800. The van der Waals surface area contributed by atoms with Crippen LogP contribution in [0.25, 0.3) is 0 Å². The summed E-state index contributed by atoms with van der Waals surface area (Å²) in [4.78, 5) is 0. The quantitative estimate of drug-likeness (QED) is 0.514. The lowest BCUT2D eigenvalue weighted by Gasteiger charge is -2.30. The molecule has 0 amide bonds. The zero-order valence-corrected chi connectivity index (χ0v) is 7.30. The summed E-state index contributed by atoms with van der Waals surface area (Å²) >= 11 is 0. The van der Waals surface area contributed by atoms with Gasteiger partial charge in [0.2, 0.25) is 0 Å². The lowest BCUT2D eigenvalue weighted by Crippen LogP contribution is -2.18. The Morgan fingerprint density at radius 3 is 2.30 bits per heavy atom. The summed E-state index contributed by atoms with van der Waals surface area (Å²) in [5.41, 5.74) is 0. The summed E-state index contributed by atoms with van der Waals surface area (Å²) in [6.45, 7) is 6.80. The molecule has 0 radical (unpaired) electrons. The maximum atomic E-state index is 2.39. The number of hydrogen-bond acceptors (Lipinski definition) is 0. The van der Waals surface area contributed by atoms with Crippen molar-refractivity contribution in [3.63, 3.8) is 0 Å². The molecule has 0 atom stereocenters. The first kappa shape index (κ1) is 7.84. The molecule has 0 saturated heterocycles. The van der Waals surface area contributed by atoms with Crippen molar-refractivity contribution in [2.75, 3.05) is 0 Å². The van der Waals surface area contributed by atoms with E-state index >= 15 is 0 Å². The Bertz CT molecular complexity index is 116. The molecule has 0 N–H and O–H groups in total. The summed E-state index contributed by atoms with van der Waals surface area (Å²) in [6.07, 6.45) is 7.56. The summed E-state index contributed by atoms with van der Waals surface area (Å²) in [5.74, 6) is 2.63. The maximum absolute atomic E-state index is 2.39. The minimum Gasteiger partial charge on any atom is -0.0857 e. The predicted molar refractivity (Wildman–Crippen MR) is 45.9 cm³/mol.